The molecule has 1 aliphatic heterocycles. The van der Waals surface area contributed by atoms with E-state index in [4.69, 9.17) is 0 Å². The fraction of sp³-hybridized carbons (Fsp3) is 0.375. The van der Waals surface area contributed by atoms with E-state index >= 15 is 0 Å². The molecule has 1 saturated heterocycles. The second-order valence-electron chi connectivity index (χ2n) is 5.21. The third-order valence-corrected chi connectivity index (χ3v) is 5.43. The zero-order chi connectivity index (χ0) is 15.4. The first-order valence-electron chi connectivity index (χ1n) is 7.36. The minimum absolute atomic E-state index is 0. The van der Waals surface area contributed by atoms with Crippen LogP contribution in [0.15, 0.2) is 34.5 Å². The van der Waals surface area contributed by atoms with E-state index in [1.54, 1.807) is 23.1 Å². The summed E-state index contributed by atoms with van der Waals surface area (Å²) in [6, 6.07) is 7.91. The summed E-state index contributed by atoms with van der Waals surface area (Å²) in [5.41, 5.74) is 1.89. The highest BCUT2D eigenvalue weighted by atomic mass is 35.5. The molecule has 1 aromatic heterocycles. The normalized spacial score (nSPS) is 14.4. The van der Waals surface area contributed by atoms with Crippen molar-refractivity contribution in [2.24, 2.45) is 0 Å². The van der Waals surface area contributed by atoms with Gasteiger partial charge in [0, 0.05) is 47.8 Å². The Labute approximate surface area is 151 Å². The van der Waals surface area contributed by atoms with Gasteiger partial charge in [-0.2, -0.15) is 0 Å². The molecule has 2 aromatic rings. The molecule has 0 saturated carbocycles. The fourth-order valence-corrected chi connectivity index (χ4v) is 3.89. The van der Waals surface area contributed by atoms with Crippen molar-refractivity contribution in [3.05, 3.63) is 45.9 Å². The van der Waals surface area contributed by atoms with Gasteiger partial charge in [-0.3, -0.25) is 4.79 Å². The zero-order valence-corrected chi connectivity index (χ0v) is 15.4. The maximum Gasteiger partial charge on any atom is 0.253 e. The molecule has 1 N–H and O–H groups in total. The van der Waals surface area contributed by atoms with Crippen molar-refractivity contribution in [2.45, 2.75) is 17.6 Å². The Kier molecular flexibility index (Phi) is 6.89. The second kappa shape index (κ2) is 8.68. The van der Waals surface area contributed by atoms with Crippen LogP contribution in [0.3, 0.4) is 0 Å². The molecule has 0 radical (unpaired) electrons. The molecule has 124 valence electrons. The number of aromatic nitrogens is 1. The number of piperazine rings is 1. The third kappa shape index (κ3) is 4.94. The number of amides is 1. The lowest BCUT2D eigenvalue weighted by atomic mass is 10.2. The van der Waals surface area contributed by atoms with Crippen molar-refractivity contribution < 1.29 is 4.79 Å². The van der Waals surface area contributed by atoms with Gasteiger partial charge in [-0.25, -0.2) is 4.98 Å². The number of carbonyl (C=O) groups excluding carboxylic acids is 1. The number of carbonyl (C=O) groups is 1. The summed E-state index contributed by atoms with van der Waals surface area (Å²) < 4.78 is 0. The van der Waals surface area contributed by atoms with Crippen molar-refractivity contribution in [3.8, 4) is 0 Å². The summed E-state index contributed by atoms with van der Waals surface area (Å²) in [5, 5.41) is 6.47. The van der Waals surface area contributed by atoms with Crippen LogP contribution in [0.4, 0.5) is 0 Å². The first kappa shape index (κ1) is 18.3. The molecule has 7 heteroatoms. The smallest absolute Gasteiger partial charge is 0.253 e. The Balaban J connectivity index is 0.00000192. The van der Waals surface area contributed by atoms with Crippen LogP contribution in [0.25, 0.3) is 0 Å². The minimum Gasteiger partial charge on any atom is -0.336 e. The maximum atomic E-state index is 12.4. The average Bonchev–Trinajstić information content (AvgIpc) is 2.99. The highest BCUT2D eigenvalue weighted by Crippen LogP contribution is 2.24. The van der Waals surface area contributed by atoms with Crippen molar-refractivity contribution in [2.75, 3.05) is 26.2 Å². The Morgan fingerprint density at radius 1 is 1.30 bits per heavy atom. The van der Waals surface area contributed by atoms with Gasteiger partial charge in [0.15, 0.2) is 0 Å². The van der Waals surface area contributed by atoms with E-state index in [0.717, 1.165) is 48.2 Å². The Hall–Kier alpha value is -1.08. The zero-order valence-electron chi connectivity index (χ0n) is 12.9. The molecule has 1 aliphatic rings. The SMILES string of the molecule is Cc1nc(CSc2ccc(C(=O)N3CCNCC3)cc2)cs1.Cl. The molecule has 1 fully saturated rings. The summed E-state index contributed by atoms with van der Waals surface area (Å²) in [6.07, 6.45) is 0. The predicted octanol–water partition coefficient (Wildman–Crippen LogP) is 3.21. The van der Waals surface area contributed by atoms with Gasteiger partial charge in [-0.05, 0) is 31.2 Å². The highest BCUT2D eigenvalue weighted by molar-refractivity contribution is 7.98. The molecular weight excluding hydrogens is 350 g/mol. The number of halogens is 1. The third-order valence-electron chi connectivity index (χ3n) is 3.56. The topological polar surface area (TPSA) is 45.2 Å². The number of benzene rings is 1. The van der Waals surface area contributed by atoms with Crippen LogP contribution in [0.5, 0.6) is 0 Å². The fourth-order valence-electron chi connectivity index (χ4n) is 2.38. The Bertz CT molecular complexity index is 639. The number of nitrogens with one attached hydrogen (secondary N) is 1. The Morgan fingerprint density at radius 2 is 2.00 bits per heavy atom. The molecule has 0 spiro atoms. The van der Waals surface area contributed by atoms with Crippen LogP contribution < -0.4 is 5.32 Å². The molecule has 4 nitrogen and oxygen atoms in total. The number of hydrogen-bond acceptors (Lipinski definition) is 5. The van der Waals surface area contributed by atoms with Crippen LogP contribution in [0.1, 0.15) is 21.1 Å². The molecule has 0 unspecified atom stereocenters. The monoisotopic (exact) mass is 369 g/mol. The van der Waals surface area contributed by atoms with Gasteiger partial charge in [-0.1, -0.05) is 0 Å². The van der Waals surface area contributed by atoms with Gasteiger partial charge in [0.25, 0.3) is 5.91 Å². The van der Waals surface area contributed by atoms with E-state index < -0.39 is 0 Å². The molecule has 2 heterocycles. The second-order valence-corrected chi connectivity index (χ2v) is 7.32. The summed E-state index contributed by atoms with van der Waals surface area (Å²) >= 11 is 3.43. The van der Waals surface area contributed by atoms with Crippen molar-refractivity contribution in [3.63, 3.8) is 0 Å². The molecule has 1 amide bonds. The van der Waals surface area contributed by atoms with Gasteiger partial charge < -0.3 is 10.2 Å². The number of rotatable bonds is 4. The number of aryl methyl sites for hydroxylation is 1. The van der Waals surface area contributed by atoms with E-state index in [1.165, 1.54) is 4.90 Å². The van der Waals surface area contributed by atoms with Gasteiger partial charge in [0.1, 0.15) is 0 Å². The Morgan fingerprint density at radius 3 is 2.61 bits per heavy atom. The molecule has 3 rings (SSSR count). The molecule has 1 aromatic carbocycles. The lowest BCUT2D eigenvalue weighted by Crippen LogP contribution is -2.46. The highest BCUT2D eigenvalue weighted by Gasteiger charge is 2.17. The lowest BCUT2D eigenvalue weighted by Gasteiger charge is -2.27. The number of thioether (sulfide) groups is 1. The van der Waals surface area contributed by atoms with E-state index in [9.17, 15) is 4.79 Å². The lowest BCUT2D eigenvalue weighted by molar-refractivity contribution is 0.0736. The van der Waals surface area contributed by atoms with Gasteiger partial charge >= 0.3 is 0 Å². The van der Waals surface area contributed by atoms with Crippen molar-refractivity contribution in [1.82, 2.24) is 15.2 Å². The quantitative estimate of drug-likeness (QED) is 0.840. The molecule has 0 aliphatic carbocycles. The van der Waals surface area contributed by atoms with E-state index in [0.29, 0.717) is 0 Å². The van der Waals surface area contributed by atoms with Crippen LogP contribution in [-0.2, 0) is 5.75 Å². The number of hydrogen-bond donors (Lipinski definition) is 1. The molecular formula is C16H20ClN3OS2. The van der Waals surface area contributed by atoms with Gasteiger partial charge in [0.05, 0.1) is 10.7 Å². The summed E-state index contributed by atoms with van der Waals surface area (Å²) in [4.78, 5) is 19.9. The standard InChI is InChI=1S/C16H19N3OS2.ClH/c1-12-18-14(10-21-12)11-22-15-4-2-13(3-5-15)16(20)19-8-6-17-7-9-19;/h2-5,10,17H,6-9,11H2,1H3;1H. The predicted molar refractivity (Wildman–Crippen MR) is 98.9 cm³/mol. The van der Waals surface area contributed by atoms with Crippen LogP contribution in [0, 0.1) is 6.92 Å². The van der Waals surface area contributed by atoms with Crippen LogP contribution >= 0.6 is 35.5 Å². The molecule has 0 bridgehead atoms. The summed E-state index contributed by atoms with van der Waals surface area (Å²) in [6.45, 7) is 5.37. The number of nitrogens with zero attached hydrogens (tertiary/aromatic N) is 2. The van der Waals surface area contributed by atoms with Gasteiger partial charge in [-0.15, -0.1) is 35.5 Å². The van der Waals surface area contributed by atoms with Crippen molar-refractivity contribution in [1.29, 1.82) is 0 Å². The van der Waals surface area contributed by atoms with Crippen LogP contribution in [0.2, 0.25) is 0 Å². The van der Waals surface area contributed by atoms with E-state index in [-0.39, 0.29) is 18.3 Å². The summed E-state index contributed by atoms with van der Waals surface area (Å²) in [7, 11) is 0. The average molecular weight is 370 g/mol. The number of thiazole rings is 1. The van der Waals surface area contributed by atoms with Gasteiger partial charge in [0.2, 0.25) is 0 Å². The first-order valence-corrected chi connectivity index (χ1v) is 9.23. The minimum atomic E-state index is 0. The van der Waals surface area contributed by atoms with Crippen LogP contribution in [-0.4, -0.2) is 42.0 Å². The van der Waals surface area contributed by atoms with E-state index in [1.807, 2.05) is 36.1 Å². The maximum absolute atomic E-state index is 12.4. The molecule has 23 heavy (non-hydrogen) atoms. The van der Waals surface area contributed by atoms with Crippen molar-refractivity contribution >= 4 is 41.4 Å². The molecule has 0 atom stereocenters. The largest absolute Gasteiger partial charge is 0.336 e. The summed E-state index contributed by atoms with van der Waals surface area (Å²) in [5.74, 6) is 1.00. The first-order chi connectivity index (χ1) is 10.7. The van der Waals surface area contributed by atoms with E-state index in [2.05, 4.69) is 15.7 Å².